The van der Waals surface area contributed by atoms with E-state index in [9.17, 15) is 4.79 Å². The van der Waals surface area contributed by atoms with E-state index >= 15 is 0 Å². The van der Waals surface area contributed by atoms with E-state index in [1.165, 1.54) is 0 Å². The summed E-state index contributed by atoms with van der Waals surface area (Å²) in [5.74, 6) is 0.202. The van der Waals surface area contributed by atoms with E-state index < -0.39 is 0 Å². The van der Waals surface area contributed by atoms with Crippen LogP contribution in [-0.2, 0) is 18.3 Å². The van der Waals surface area contributed by atoms with Gasteiger partial charge in [0.25, 0.3) is 0 Å². The number of carbonyl (C=O) groups excluding carboxylic acids is 1. The number of halogens is 1. The molecule has 5 nitrogen and oxygen atoms in total. The summed E-state index contributed by atoms with van der Waals surface area (Å²) >= 11 is 0. The molecule has 102 valence electrons. The smallest absolute Gasteiger partial charge is 0.228 e. The van der Waals surface area contributed by atoms with Gasteiger partial charge in [-0.15, -0.1) is 12.4 Å². The maximum atomic E-state index is 12.1. The van der Waals surface area contributed by atoms with E-state index in [2.05, 4.69) is 15.7 Å². The zero-order valence-corrected chi connectivity index (χ0v) is 11.7. The zero-order valence-electron chi connectivity index (χ0n) is 10.9. The summed E-state index contributed by atoms with van der Waals surface area (Å²) in [5, 5.41) is 10.6. The van der Waals surface area contributed by atoms with Gasteiger partial charge in [-0.25, -0.2) is 0 Å². The van der Waals surface area contributed by atoms with Crippen LogP contribution in [0.2, 0.25) is 0 Å². The van der Waals surface area contributed by atoms with Gasteiger partial charge >= 0.3 is 0 Å². The Morgan fingerprint density at radius 2 is 2.44 bits per heavy atom. The van der Waals surface area contributed by atoms with E-state index in [1.54, 1.807) is 4.68 Å². The number of aromatic nitrogens is 2. The molecule has 1 aromatic heterocycles. The number of amides is 1. The summed E-state index contributed by atoms with van der Waals surface area (Å²) < 4.78 is 1.74. The molecule has 2 heterocycles. The quantitative estimate of drug-likeness (QED) is 0.873. The van der Waals surface area contributed by atoms with Gasteiger partial charge in [-0.3, -0.25) is 9.48 Å². The van der Waals surface area contributed by atoms with Crippen molar-refractivity contribution < 1.29 is 4.79 Å². The zero-order chi connectivity index (χ0) is 12.3. The Morgan fingerprint density at radius 3 is 3.06 bits per heavy atom. The number of hydrogen-bond donors (Lipinski definition) is 2. The van der Waals surface area contributed by atoms with Crippen LogP contribution in [-0.4, -0.2) is 28.8 Å². The Labute approximate surface area is 114 Å². The largest absolute Gasteiger partial charge is 0.323 e. The average Bonchev–Trinajstić information content (AvgIpc) is 2.70. The number of piperidine rings is 1. The van der Waals surface area contributed by atoms with Gasteiger partial charge in [-0.2, -0.15) is 5.10 Å². The molecular formula is C12H21ClN4O. The van der Waals surface area contributed by atoms with Gasteiger partial charge in [0.1, 0.15) is 0 Å². The van der Waals surface area contributed by atoms with E-state index in [-0.39, 0.29) is 24.2 Å². The second-order valence-corrected chi connectivity index (χ2v) is 4.55. The van der Waals surface area contributed by atoms with E-state index in [4.69, 9.17) is 0 Å². The SMILES string of the molecule is CCc1nn(C)cc1NC(=O)[C@@H]1CCCNC1.Cl. The van der Waals surface area contributed by atoms with Gasteiger partial charge in [-0.05, 0) is 25.8 Å². The van der Waals surface area contributed by atoms with E-state index in [1.807, 2.05) is 20.2 Å². The normalized spacial score (nSPS) is 19.1. The van der Waals surface area contributed by atoms with Crippen molar-refractivity contribution in [2.45, 2.75) is 26.2 Å². The van der Waals surface area contributed by atoms with E-state index in [0.717, 1.165) is 43.7 Å². The first-order valence-electron chi connectivity index (χ1n) is 6.24. The van der Waals surface area contributed by atoms with Crippen LogP contribution in [0.4, 0.5) is 5.69 Å². The lowest BCUT2D eigenvalue weighted by Gasteiger charge is -2.21. The molecule has 0 spiro atoms. The molecule has 2 rings (SSSR count). The second-order valence-electron chi connectivity index (χ2n) is 4.55. The standard InChI is InChI=1S/C12H20N4O.ClH/c1-3-10-11(8-16(2)15-10)14-12(17)9-5-4-6-13-7-9;/h8-9,13H,3-7H2,1-2H3,(H,14,17);1H/t9-;/m1./s1. The van der Waals surface area contributed by atoms with Crippen LogP contribution in [0.1, 0.15) is 25.5 Å². The summed E-state index contributed by atoms with van der Waals surface area (Å²) in [6.45, 7) is 3.85. The van der Waals surface area contributed by atoms with E-state index in [0.29, 0.717) is 0 Å². The fourth-order valence-corrected chi connectivity index (χ4v) is 2.21. The number of carbonyl (C=O) groups is 1. The highest BCUT2D eigenvalue weighted by Crippen LogP contribution is 2.17. The molecule has 1 fully saturated rings. The van der Waals surface area contributed by atoms with Gasteiger partial charge in [0.15, 0.2) is 0 Å². The predicted octanol–water partition coefficient (Wildman–Crippen LogP) is 1.34. The molecule has 0 aliphatic carbocycles. The van der Waals surface area contributed by atoms with Gasteiger partial charge in [0, 0.05) is 19.8 Å². The molecule has 2 N–H and O–H groups in total. The lowest BCUT2D eigenvalue weighted by atomic mass is 9.99. The monoisotopic (exact) mass is 272 g/mol. The third-order valence-electron chi connectivity index (χ3n) is 3.17. The van der Waals surface area contributed by atoms with Gasteiger partial charge in [-0.1, -0.05) is 6.92 Å². The number of rotatable bonds is 3. The minimum absolute atomic E-state index is 0. The van der Waals surface area contributed by atoms with Crippen LogP contribution in [0.5, 0.6) is 0 Å². The van der Waals surface area contributed by atoms with Crippen LogP contribution in [0.25, 0.3) is 0 Å². The third kappa shape index (κ3) is 3.46. The minimum Gasteiger partial charge on any atom is -0.323 e. The van der Waals surface area contributed by atoms with Crippen molar-refractivity contribution in [2.75, 3.05) is 18.4 Å². The molecule has 0 unspecified atom stereocenters. The van der Waals surface area contributed by atoms with Crippen molar-refractivity contribution in [3.63, 3.8) is 0 Å². The molecular weight excluding hydrogens is 252 g/mol. The van der Waals surface area contributed by atoms with Crippen molar-refractivity contribution in [1.82, 2.24) is 15.1 Å². The molecule has 1 amide bonds. The van der Waals surface area contributed by atoms with Crippen molar-refractivity contribution in [1.29, 1.82) is 0 Å². The minimum atomic E-state index is 0. The van der Waals surface area contributed by atoms with Gasteiger partial charge < -0.3 is 10.6 Å². The molecule has 0 radical (unpaired) electrons. The Hall–Kier alpha value is -1.07. The second kappa shape index (κ2) is 6.75. The molecule has 0 bridgehead atoms. The molecule has 18 heavy (non-hydrogen) atoms. The molecule has 0 saturated carbocycles. The van der Waals surface area contributed by atoms with Crippen LogP contribution in [0.15, 0.2) is 6.20 Å². The summed E-state index contributed by atoms with van der Waals surface area (Å²) in [6.07, 6.45) is 4.75. The van der Waals surface area contributed by atoms with Crippen molar-refractivity contribution in [3.8, 4) is 0 Å². The van der Waals surface area contributed by atoms with Crippen LogP contribution in [0, 0.1) is 5.92 Å². The number of aryl methyl sites for hydroxylation is 2. The van der Waals surface area contributed by atoms with Crippen LogP contribution in [0.3, 0.4) is 0 Å². The van der Waals surface area contributed by atoms with Crippen LogP contribution >= 0.6 is 12.4 Å². The highest BCUT2D eigenvalue weighted by atomic mass is 35.5. The Morgan fingerprint density at radius 1 is 1.67 bits per heavy atom. The molecule has 0 aromatic carbocycles. The first kappa shape index (κ1) is 15.0. The van der Waals surface area contributed by atoms with Crippen LogP contribution < -0.4 is 10.6 Å². The Kier molecular flexibility index (Phi) is 5.62. The molecule has 6 heteroatoms. The predicted molar refractivity (Wildman–Crippen MR) is 74.1 cm³/mol. The fraction of sp³-hybridized carbons (Fsp3) is 0.667. The summed E-state index contributed by atoms with van der Waals surface area (Å²) in [7, 11) is 1.87. The lowest BCUT2D eigenvalue weighted by molar-refractivity contribution is -0.120. The molecule has 1 aromatic rings. The summed E-state index contributed by atoms with van der Waals surface area (Å²) in [5.41, 5.74) is 1.80. The highest BCUT2D eigenvalue weighted by Gasteiger charge is 2.22. The number of nitrogens with zero attached hydrogens (tertiary/aromatic N) is 2. The molecule has 1 aliphatic rings. The molecule has 1 atom stereocenters. The van der Waals surface area contributed by atoms with Gasteiger partial charge in [0.05, 0.1) is 17.3 Å². The van der Waals surface area contributed by atoms with Crippen molar-refractivity contribution >= 4 is 24.0 Å². The fourth-order valence-electron chi connectivity index (χ4n) is 2.21. The Balaban J connectivity index is 0.00000162. The van der Waals surface area contributed by atoms with Crippen molar-refractivity contribution in [3.05, 3.63) is 11.9 Å². The maximum Gasteiger partial charge on any atom is 0.228 e. The topological polar surface area (TPSA) is 59.0 Å². The summed E-state index contributed by atoms with van der Waals surface area (Å²) in [4.78, 5) is 12.1. The van der Waals surface area contributed by atoms with Crippen molar-refractivity contribution in [2.24, 2.45) is 13.0 Å². The summed E-state index contributed by atoms with van der Waals surface area (Å²) in [6, 6.07) is 0. The first-order valence-corrected chi connectivity index (χ1v) is 6.24. The Bertz CT molecular complexity index is 399. The van der Waals surface area contributed by atoms with Gasteiger partial charge in [0.2, 0.25) is 5.91 Å². The molecule has 1 aliphatic heterocycles. The third-order valence-corrected chi connectivity index (χ3v) is 3.17. The number of nitrogens with one attached hydrogen (secondary N) is 2. The molecule has 1 saturated heterocycles. The average molecular weight is 273 g/mol. The number of anilines is 1. The number of hydrogen-bond acceptors (Lipinski definition) is 3. The first-order chi connectivity index (χ1) is 8.20. The lowest BCUT2D eigenvalue weighted by Crippen LogP contribution is -2.37. The highest BCUT2D eigenvalue weighted by molar-refractivity contribution is 5.93. The maximum absolute atomic E-state index is 12.1.